The lowest BCUT2D eigenvalue weighted by Gasteiger charge is -2.12. The molecule has 98 valence electrons. The molecule has 0 fully saturated rings. The van der Waals surface area contributed by atoms with Crippen molar-refractivity contribution in [2.24, 2.45) is 0 Å². The van der Waals surface area contributed by atoms with Gasteiger partial charge in [0.05, 0.1) is 5.69 Å². The Balaban J connectivity index is 2.07. The van der Waals surface area contributed by atoms with Crippen molar-refractivity contribution in [1.29, 1.82) is 0 Å². The van der Waals surface area contributed by atoms with Crippen molar-refractivity contribution in [2.45, 2.75) is 6.54 Å². The van der Waals surface area contributed by atoms with Gasteiger partial charge < -0.3 is 10.1 Å². The molecule has 1 N–H and O–H groups in total. The molecule has 0 aliphatic rings. The van der Waals surface area contributed by atoms with Gasteiger partial charge in [0.2, 0.25) is 0 Å². The average Bonchev–Trinajstić information content (AvgIpc) is 2.45. The number of nitrogens with one attached hydrogen (secondary N) is 1. The minimum absolute atomic E-state index is 0.508. The fraction of sp³-hybridized carbons (Fsp3) is 0.133. The summed E-state index contributed by atoms with van der Waals surface area (Å²) in [5.74, 6) is 0.870. The maximum Gasteiger partial charge on any atom is 0.129 e. The number of para-hydroxylation sites is 1. The van der Waals surface area contributed by atoms with E-state index in [9.17, 15) is 0 Å². The van der Waals surface area contributed by atoms with E-state index >= 15 is 0 Å². The van der Waals surface area contributed by atoms with Crippen LogP contribution in [0.15, 0.2) is 59.9 Å². The van der Waals surface area contributed by atoms with E-state index in [1.807, 2.05) is 36.4 Å². The highest BCUT2D eigenvalue weighted by Crippen LogP contribution is 2.22. The van der Waals surface area contributed by atoms with Gasteiger partial charge in [-0.2, -0.15) is 0 Å². The minimum Gasteiger partial charge on any atom is -0.489 e. The molecule has 0 spiro atoms. The van der Waals surface area contributed by atoms with Gasteiger partial charge in [-0.15, -0.1) is 0 Å². The number of aromatic nitrogens is 1. The first-order valence-electron chi connectivity index (χ1n) is 5.97. The van der Waals surface area contributed by atoms with Crippen molar-refractivity contribution in [3.8, 4) is 5.75 Å². The van der Waals surface area contributed by atoms with Crippen LogP contribution in [0.25, 0.3) is 0 Å². The van der Waals surface area contributed by atoms with Gasteiger partial charge in [-0.3, -0.25) is 0 Å². The Morgan fingerprint density at radius 1 is 1.26 bits per heavy atom. The number of nitrogens with zero attached hydrogens (tertiary/aromatic N) is 1. The number of anilines is 1. The number of rotatable bonds is 6. The van der Waals surface area contributed by atoms with E-state index in [2.05, 4.69) is 32.8 Å². The molecule has 4 heteroatoms. The number of benzene rings is 1. The van der Waals surface area contributed by atoms with Crippen LogP contribution in [-0.4, -0.2) is 11.6 Å². The molecule has 1 heterocycles. The minimum atomic E-state index is 0.508. The summed E-state index contributed by atoms with van der Waals surface area (Å²) in [6, 6.07) is 11.8. The van der Waals surface area contributed by atoms with Crippen LogP contribution >= 0.6 is 15.9 Å². The largest absolute Gasteiger partial charge is 0.489 e. The number of pyridine rings is 1. The zero-order chi connectivity index (χ0) is 13.5. The number of halogens is 1. The summed E-state index contributed by atoms with van der Waals surface area (Å²) < 4.78 is 6.42. The van der Waals surface area contributed by atoms with Crippen molar-refractivity contribution in [1.82, 2.24) is 4.98 Å². The van der Waals surface area contributed by atoms with Crippen molar-refractivity contribution < 1.29 is 4.74 Å². The molecule has 0 amide bonds. The van der Waals surface area contributed by atoms with Crippen molar-refractivity contribution in [3.05, 3.63) is 65.4 Å². The van der Waals surface area contributed by atoms with Gasteiger partial charge in [0.15, 0.2) is 0 Å². The summed E-state index contributed by atoms with van der Waals surface area (Å²) in [6.45, 7) is 4.84. The first-order valence-corrected chi connectivity index (χ1v) is 6.76. The molecule has 0 aliphatic carbocycles. The van der Waals surface area contributed by atoms with Crippen LogP contribution < -0.4 is 10.1 Å². The van der Waals surface area contributed by atoms with E-state index in [4.69, 9.17) is 4.74 Å². The molecule has 0 atom stereocenters. The van der Waals surface area contributed by atoms with E-state index in [1.54, 1.807) is 12.3 Å². The highest BCUT2D eigenvalue weighted by Gasteiger charge is 2.04. The quantitative estimate of drug-likeness (QED) is 0.645. The van der Waals surface area contributed by atoms with Crippen LogP contribution in [0.3, 0.4) is 0 Å². The predicted octanol–water partition coefficient (Wildman–Crippen LogP) is 4.02. The zero-order valence-corrected chi connectivity index (χ0v) is 12.1. The molecule has 2 aromatic rings. The van der Waals surface area contributed by atoms with E-state index < -0.39 is 0 Å². The molecule has 0 unspecified atom stereocenters. The van der Waals surface area contributed by atoms with E-state index in [0.717, 1.165) is 21.6 Å². The second-order valence-electron chi connectivity index (χ2n) is 3.90. The Morgan fingerprint density at radius 3 is 2.89 bits per heavy atom. The summed E-state index contributed by atoms with van der Waals surface area (Å²) in [6.07, 6.45) is 3.48. The Morgan fingerprint density at radius 2 is 2.11 bits per heavy atom. The van der Waals surface area contributed by atoms with Crippen LogP contribution in [0.2, 0.25) is 0 Å². The Labute approximate surface area is 121 Å². The second kappa shape index (κ2) is 6.95. The summed E-state index contributed by atoms with van der Waals surface area (Å²) >= 11 is 3.41. The molecule has 0 saturated heterocycles. The van der Waals surface area contributed by atoms with Gasteiger partial charge >= 0.3 is 0 Å². The molecular formula is C15H15BrN2O. The van der Waals surface area contributed by atoms with Gasteiger partial charge in [0.1, 0.15) is 17.0 Å². The Kier molecular flexibility index (Phi) is 4.98. The molecule has 0 saturated carbocycles. The van der Waals surface area contributed by atoms with Crippen molar-refractivity contribution in [2.75, 3.05) is 11.9 Å². The molecule has 19 heavy (non-hydrogen) atoms. The summed E-state index contributed by atoms with van der Waals surface area (Å²) in [7, 11) is 0. The molecule has 0 radical (unpaired) electrons. The summed E-state index contributed by atoms with van der Waals surface area (Å²) in [5, 5.41) is 3.33. The summed E-state index contributed by atoms with van der Waals surface area (Å²) in [4.78, 5) is 4.17. The smallest absolute Gasteiger partial charge is 0.129 e. The van der Waals surface area contributed by atoms with Crippen LogP contribution in [0.4, 0.5) is 5.69 Å². The van der Waals surface area contributed by atoms with E-state index in [0.29, 0.717) is 13.2 Å². The normalized spacial score (nSPS) is 9.95. The monoisotopic (exact) mass is 318 g/mol. The highest BCUT2D eigenvalue weighted by molar-refractivity contribution is 9.10. The summed E-state index contributed by atoms with van der Waals surface area (Å²) in [5.41, 5.74) is 2.06. The maximum absolute atomic E-state index is 5.62. The van der Waals surface area contributed by atoms with Gasteiger partial charge in [-0.1, -0.05) is 30.9 Å². The van der Waals surface area contributed by atoms with E-state index in [-0.39, 0.29) is 0 Å². The topological polar surface area (TPSA) is 34.1 Å². The third-order valence-corrected chi connectivity index (χ3v) is 3.19. The molecule has 3 nitrogen and oxygen atoms in total. The second-order valence-corrected chi connectivity index (χ2v) is 4.65. The molecule has 2 rings (SSSR count). The van der Waals surface area contributed by atoms with Crippen LogP contribution in [0, 0.1) is 0 Å². The zero-order valence-electron chi connectivity index (χ0n) is 10.5. The average molecular weight is 319 g/mol. The fourth-order valence-electron chi connectivity index (χ4n) is 1.65. The van der Waals surface area contributed by atoms with E-state index in [1.165, 1.54) is 0 Å². The first-order chi connectivity index (χ1) is 9.31. The molecule has 0 bridgehead atoms. The lowest BCUT2D eigenvalue weighted by Crippen LogP contribution is -2.04. The van der Waals surface area contributed by atoms with Crippen molar-refractivity contribution >= 4 is 21.6 Å². The molecule has 1 aromatic carbocycles. The predicted molar refractivity (Wildman–Crippen MR) is 81.4 cm³/mol. The third-order valence-electron chi connectivity index (χ3n) is 2.56. The van der Waals surface area contributed by atoms with Crippen LogP contribution in [-0.2, 0) is 6.54 Å². The third kappa shape index (κ3) is 3.83. The van der Waals surface area contributed by atoms with Crippen LogP contribution in [0.1, 0.15) is 5.56 Å². The van der Waals surface area contributed by atoms with Crippen LogP contribution in [0.5, 0.6) is 5.75 Å². The van der Waals surface area contributed by atoms with Gasteiger partial charge in [-0.05, 0) is 34.1 Å². The lowest BCUT2D eigenvalue weighted by molar-refractivity contribution is 0.359. The SMILES string of the molecule is C=CCOc1ccccc1CNc1cccnc1Br. The van der Waals surface area contributed by atoms with Crippen molar-refractivity contribution in [3.63, 3.8) is 0 Å². The Bertz CT molecular complexity index is 557. The standard InChI is InChI=1S/C15H15BrN2O/c1-2-10-19-14-8-4-3-6-12(14)11-18-13-7-5-9-17-15(13)16/h2-9,18H,1,10-11H2. The molecular weight excluding hydrogens is 304 g/mol. The number of ether oxygens (including phenoxy) is 1. The molecule has 1 aromatic heterocycles. The van der Waals surface area contributed by atoms with Gasteiger partial charge in [0.25, 0.3) is 0 Å². The fourth-order valence-corrected chi connectivity index (χ4v) is 2.04. The first kappa shape index (κ1) is 13.6. The molecule has 0 aliphatic heterocycles. The highest BCUT2D eigenvalue weighted by atomic mass is 79.9. The number of hydrogen-bond acceptors (Lipinski definition) is 3. The lowest BCUT2D eigenvalue weighted by atomic mass is 10.2. The van der Waals surface area contributed by atoms with Gasteiger partial charge in [0, 0.05) is 18.3 Å². The maximum atomic E-state index is 5.62. The Hall–Kier alpha value is -1.81. The number of hydrogen-bond donors (Lipinski definition) is 1. The van der Waals surface area contributed by atoms with Gasteiger partial charge in [-0.25, -0.2) is 4.98 Å².